The van der Waals surface area contributed by atoms with Crippen molar-refractivity contribution in [1.82, 2.24) is 39.0 Å². The van der Waals surface area contributed by atoms with Crippen molar-refractivity contribution < 1.29 is 66.8 Å². The molecule has 0 spiro atoms. The molecule has 2 aromatic carbocycles. The number of aliphatic hydroxyl groups excluding tert-OH is 1. The number of nitrogens with zero attached hydrogens (tertiary/aromatic N) is 8. The Labute approximate surface area is 449 Å². The van der Waals surface area contributed by atoms with Gasteiger partial charge in [-0.25, -0.2) is 23.6 Å². The zero-order valence-corrected chi connectivity index (χ0v) is 42.1. The average Bonchev–Trinajstić information content (AvgIpc) is 4.29. The minimum Gasteiger partial charge on any atom is -0.481 e. The minimum atomic E-state index is -1.17. The number of nitrogens with one attached hydrogen (secondary N) is 4. The number of cyclic esters (lactones) is 2. The Morgan fingerprint density at radius 1 is 0.692 bits per heavy atom. The number of benzene rings is 2. The van der Waals surface area contributed by atoms with Crippen molar-refractivity contribution >= 4 is 129 Å². The number of hydrogen-bond donors (Lipinski definition) is 6. The van der Waals surface area contributed by atoms with Crippen molar-refractivity contribution in [3.63, 3.8) is 0 Å². The molecule has 78 heavy (non-hydrogen) atoms. The smallest absolute Gasteiger partial charge is 0.314 e. The zero-order chi connectivity index (χ0) is 55.4. The molecular formula is C50H44Cl2F2N12O12. The third kappa shape index (κ3) is 13.0. The number of carboxylic acids is 1. The Kier molecular flexibility index (Phi) is 16.0. The molecule has 4 aromatic heterocycles. The number of anilines is 6. The molecule has 11 rings (SSSR count). The Bertz CT molecular complexity index is 3510. The summed E-state index contributed by atoms with van der Waals surface area (Å²) in [5, 5.41) is 40.0. The molecule has 404 valence electrons. The molecule has 5 aliphatic rings. The summed E-state index contributed by atoms with van der Waals surface area (Å²) in [6.07, 6.45) is 9.45. The molecule has 28 heteroatoms. The minimum absolute atomic E-state index is 0.115. The monoisotopic (exact) mass is 1110 g/mol. The number of hydrogen-bond acceptors (Lipinski definition) is 19. The Morgan fingerprint density at radius 3 is 1.56 bits per heavy atom. The van der Waals surface area contributed by atoms with Crippen LogP contribution in [-0.2, 0) is 47.8 Å². The lowest BCUT2D eigenvalue weighted by molar-refractivity contribution is -0.157. The molecule has 2 aliphatic carbocycles. The second-order valence-electron chi connectivity index (χ2n) is 18.0. The number of imide groups is 2. The number of aliphatic hydroxyl groups is 1. The van der Waals surface area contributed by atoms with Gasteiger partial charge in [0.25, 0.3) is 11.8 Å². The number of halogens is 4. The van der Waals surface area contributed by atoms with Crippen LogP contribution in [-0.4, -0.2) is 122 Å². The number of aromatic nitrogens is 6. The van der Waals surface area contributed by atoms with Crippen molar-refractivity contribution in [1.29, 1.82) is 0 Å². The molecule has 6 N–H and O–H groups in total. The number of amides is 4. The van der Waals surface area contributed by atoms with E-state index < -0.39 is 79.0 Å². The van der Waals surface area contributed by atoms with Gasteiger partial charge in [0.15, 0.2) is 18.0 Å². The number of aliphatic carboxylic acids is 1. The SMILES string of the molecule is O=C(O)CCC(=O)OCN1C(=O)C/C(=C\c2cnn3c(NC4CC4)cc(Nc4cc(Cl)ccc4F)nc23)C1=O.O=C1C/C(=C\c2cnn3c(NC4CC4)cc(Nc4cc(Cl)ccc4F)nc23)C(=O)N1CO.O=C1CCC(=O)O1. The molecule has 7 heterocycles. The number of esters is 3. The molecule has 4 amide bonds. The summed E-state index contributed by atoms with van der Waals surface area (Å²) in [6, 6.07) is 12.2. The van der Waals surface area contributed by atoms with Crippen molar-refractivity contribution in [2.75, 3.05) is 34.7 Å². The van der Waals surface area contributed by atoms with E-state index in [2.05, 4.69) is 46.2 Å². The second kappa shape index (κ2) is 23.2. The van der Waals surface area contributed by atoms with Gasteiger partial charge in [0, 0.05) is 56.5 Å². The van der Waals surface area contributed by atoms with E-state index in [0.717, 1.165) is 35.5 Å². The molecule has 5 fully saturated rings. The first-order chi connectivity index (χ1) is 37.4. The lowest BCUT2D eigenvalue weighted by Gasteiger charge is -2.13. The molecule has 0 bridgehead atoms. The molecule has 0 atom stereocenters. The fraction of sp³-hybridized carbons (Fsp3) is 0.280. The average molecular weight is 1110 g/mol. The molecule has 3 aliphatic heterocycles. The number of ether oxygens (including phenoxy) is 2. The third-order valence-electron chi connectivity index (χ3n) is 12.0. The molecule has 0 radical (unpaired) electrons. The number of fused-ring (bicyclic) bond motifs is 2. The lowest BCUT2D eigenvalue weighted by atomic mass is 10.1. The van der Waals surface area contributed by atoms with Gasteiger partial charge in [0.1, 0.15) is 41.6 Å². The molecule has 0 unspecified atom stereocenters. The number of likely N-dealkylation sites (tertiary alicyclic amines) is 2. The van der Waals surface area contributed by atoms with E-state index in [0.29, 0.717) is 61.8 Å². The van der Waals surface area contributed by atoms with E-state index in [1.165, 1.54) is 60.9 Å². The molecule has 3 saturated heterocycles. The fourth-order valence-corrected chi connectivity index (χ4v) is 8.14. The standard InChI is InChI=1S/C25H22ClFN6O6.C21H18ClFN6O3.C4H4O3/c26-15-1-4-17(27)18(9-15)30-19-10-20(29-16-2-3-16)33-24(31-19)14(11-28-33)7-13-8-21(34)32(25(13)38)12-39-23(37)6-5-22(35)36;22-13-1-4-15(23)16(7-13)26-17-8-18(25-14-2-3-14)29-20(27-17)12(9-24-29)5-11-6-19(31)28(10-30)21(11)32;5-3-1-2-4(6)7-3/h1,4,7,9-11,16,29H,2-3,5-6,8,12H2,(H,30,31)(H,35,36);1,4-5,7-9,14,25,30H,2-3,6,10H2,(H,26,27);1-2H2/b13-7+;11-5+;. The summed E-state index contributed by atoms with van der Waals surface area (Å²) in [6.45, 7) is -1.29. The van der Waals surface area contributed by atoms with Crippen LogP contribution in [0.4, 0.5) is 43.4 Å². The predicted octanol–water partition coefficient (Wildman–Crippen LogP) is 6.13. The second-order valence-corrected chi connectivity index (χ2v) is 18.9. The van der Waals surface area contributed by atoms with Gasteiger partial charge >= 0.3 is 23.9 Å². The number of carbonyl (C=O) groups excluding carboxylic acids is 7. The molecule has 6 aromatic rings. The van der Waals surface area contributed by atoms with Crippen LogP contribution in [0.1, 0.15) is 75.3 Å². The summed E-state index contributed by atoms with van der Waals surface area (Å²) in [4.78, 5) is 103. The zero-order valence-electron chi connectivity index (χ0n) is 40.6. The lowest BCUT2D eigenvalue weighted by Crippen LogP contribution is -2.33. The van der Waals surface area contributed by atoms with Crippen LogP contribution < -0.4 is 21.3 Å². The molecular weight excluding hydrogens is 1070 g/mol. The van der Waals surface area contributed by atoms with Crippen LogP contribution in [0.3, 0.4) is 0 Å². The van der Waals surface area contributed by atoms with Gasteiger partial charge in [-0.3, -0.25) is 43.3 Å². The van der Waals surface area contributed by atoms with E-state index in [1.54, 1.807) is 21.2 Å². The highest BCUT2D eigenvalue weighted by atomic mass is 35.5. The van der Waals surface area contributed by atoms with E-state index in [4.69, 9.17) is 33.0 Å². The van der Waals surface area contributed by atoms with Crippen molar-refractivity contribution in [3.8, 4) is 0 Å². The first-order valence-corrected chi connectivity index (χ1v) is 24.7. The van der Waals surface area contributed by atoms with Gasteiger partial charge in [-0.1, -0.05) is 23.2 Å². The maximum atomic E-state index is 14.4. The largest absolute Gasteiger partial charge is 0.481 e. The quantitative estimate of drug-likeness (QED) is 0.0275. The van der Waals surface area contributed by atoms with Crippen molar-refractivity contribution in [2.24, 2.45) is 0 Å². The van der Waals surface area contributed by atoms with E-state index in [1.807, 2.05) is 0 Å². The predicted molar refractivity (Wildman–Crippen MR) is 273 cm³/mol. The van der Waals surface area contributed by atoms with Crippen LogP contribution in [0, 0.1) is 11.6 Å². The van der Waals surface area contributed by atoms with E-state index in [9.17, 15) is 52.2 Å². The highest BCUT2D eigenvalue weighted by molar-refractivity contribution is 6.31. The first-order valence-electron chi connectivity index (χ1n) is 24.0. The summed E-state index contributed by atoms with van der Waals surface area (Å²) in [5.41, 5.74) is 2.36. The Hall–Kier alpha value is -8.88. The summed E-state index contributed by atoms with van der Waals surface area (Å²) in [7, 11) is 0. The number of carbonyl (C=O) groups is 8. The summed E-state index contributed by atoms with van der Waals surface area (Å²) in [5.74, 6) is -4.15. The molecule has 24 nitrogen and oxygen atoms in total. The van der Waals surface area contributed by atoms with Crippen LogP contribution >= 0.6 is 23.2 Å². The highest BCUT2D eigenvalue weighted by Gasteiger charge is 2.36. The van der Waals surface area contributed by atoms with E-state index >= 15 is 0 Å². The third-order valence-corrected chi connectivity index (χ3v) is 12.5. The number of carboxylic acid groups (broad SMARTS) is 1. The van der Waals surface area contributed by atoms with Gasteiger partial charge in [0.05, 0.1) is 62.3 Å². The summed E-state index contributed by atoms with van der Waals surface area (Å²) < 4.78 is 40.7. The maximum absolute atomic E-state index is 14.4. The van der Waals surface area contributed by atoms with Gasteiger partial charge in [-0.15, -0.1) is 0 Å². The highest BCUT2D eigenvalue weighted by Crippen LogP contribution is 2.33. The summed E-state index contributed by atoms with van der Waals surface area (Å²) >= 11 is 12.0. The Morgan fingerprint density at radius 2 is 1.15 bits per heavy atom. The Balaban J connectivity index is 0.000000171. The normalized spacial score (nSPS) is 17.1. The van der Waals surface area contributed by atoms with Crippen molar-refractivity contribution in [3.05, 3.63) is 105 Å². The van der Waals surface area contributed by atoms with Crippen LogP contribution in [0.15, 0.2) is 72.1 Å². The van der Waals surface area contributed by atoms with Crippen LogP contribution in [0.5, 0.6) is 0 Å². The van der Waals surface area contributed by atoms with Gasteiger partial charge in [0.2, 0.25) is 11.8 Å². The topological polar surface area (TPSA) is 310 Å². The fourth-order valence-electron chi connectivity index (χ4n) is 7.80. The molecule has 2 saturated carbocycles. The van der Waals surface area contributed by atoms with Crippen LogP contribution in [0.25, 0.3) is 23.4 Å². The van der Waals surface area contributed by atoms with Gasteiger partial charge in [-0.05, 0) is 74.2 Å². The van der Waals surface area contributed by atoms with Gasteiger partial charge in [-0.2, -0.15) is 19.2 Å². The first kappa shape index (κ1) is 53.9. The maximum Gasteiger partial charge on any atom is 0.314 e. The number of rotatable bonds is 16. The van der Waals surface area contributed by atoms with Crippen molar-refractivity contribution in [2.45, 2.75) is 76.3 Å². The van der Waals surface area contributed by atoms with Crippen LogP contribution in [0.2, 0.25) is 10.0 Å². The van der Waals surface area contributed by atoms with E-state index in [-0.39, 0.29) is 60.7 Å². The van der Waals surface area contributed by atoms with Gasteiger partial charge < -0.3 is 41.0 Å².